The molecule has 0 saturated carbocycles. The monoisotopic (exact) mass is 686 g/mol. The van der Waals surface area contributed by atoms with Crippen LogP contribution in [0.1, 0.15) is 43.0 Å². The Bertz CT molecular complexity index is 2140. The lowest BCUT2D eigenvalue weighted by molar-refractivity contribution is -0.693. The van der Waals surface area contributed by atoms with Crippen LogP contribution >= 0.6 is 0 Å². The third-order valence-electron chi connectivity index (χ3n) is 9.19. The smallest absolute Gasteiger partial charge is 0.335 e. The van der Waals surface area contributed by atoms with E-state index in [0.717, 1.165) is 46.5 Å². The van der Waals surface area contributed by atoms with Crippen LogP contribution in [-0.2, 0) is 26.2 Å². The molecule has 0 atom stereocenters. The molecule has 254 valence electrons. The molecule has 0 spiro atoms. The van der Waals surface area contributed by atoms with Crippen molar-refractivity contribution in [3.63, 3.8) is 0 Å². The van der Waals surface area contributed by atoms with Crippen molar-refractivity contribution < 1.29 is 38.1 Å². The molecule has 4 aromatic heterocycles. The van der Waals surface area contributed by atoms with Crippen LogP contribution in [0.15, 0.2) is 171 Å². The van der Waals surface area contributed by atoms with Gasteiger partial charge in [-0.05, 0) is 46.5 Å². The number of rotatable bonds is 12. The van der Waals surface area contributed by atoms with E-state index in [0.29, 0.717) is 24.2 Å². The summed E-state index contributed by atoms with van der Waals surface area (Å²) in [5.41, 5.74) is 9.73. The molecule has 0 bridgehead atoms. The lowest BCUT2D eigenvalue weighted by Gasteiger charge is -2.06. The summed E-state index contributed by atoms with van der Waals surface area (Å²) < 4.78 is 8.56. The molecule has 8 heteroatoms. The number of pyridine rings is 4. The van der Waals surface area contributed by atoms with Crippen molar-refractivity contribution in [3.05, 3.63) is 204 Å². The minimum absolute atomic E-state index is 0.292. The number of hydrogen-bond donors (Lipinski definition) is 2. The first kappa shape index (κ1) is 33.7. The number of carbonyl (C=O) groups is 2. The average molecular weight is 687 g/mol. The van der Waals surface area contributed by atoms with Gasteiger partial charge in [-0.25, -0.2) is 27.9 Å². The molecule has 0 amide bonds. The van der Waals surface area contributed by atoms with E-state index < -0.39 is 11.9 Å². The number of aromatic carboxylic acids is 2. The van der Waals surface area contributed by atoms with Gasteiger partial charge >= 0.3 is 11.9 Å². The second-order valence-electron chi connectivity index (χ2n) is 12.8. The zero-order valence-electron chi connectivity index (χ0n) is 28.5. The number of carboxylic acid groups (broad SMARTS) is 2. The van der Waals surface area contributed by atoms with Gasteiger partial charge in [-0.2, -0.15) is 0 Å². The summed E-state index contributed by atoms with van der Waals surface area (Å²) in [7, 11) is 0. The lowest BCUT2D eigenvalue weighted by atomic mass is 10.1. The van der Waals surface area contributed by atoms with Gasteiger partial charge in [0, 0.05) is 70.8 Å². The van der Waals surface area contributed by atoms with Gasteiger partial charge in [0.2, 0.25) is 0 Å². The second kappa shape index (κ2) is 15.4. The third-order valence-corrected chi connectivity index (χ3v) is 9.19. The first-order valence-corrected chi connectivity index (χ1v) is 17.0. The highest BCUT2D eigenvalue weighted by Crippen LogP contribution is 2.18. The van der Waals surface area contributed by atoms with Crippen LogP contribution in [0.5, 0.6) is 0 Å². The Morgan fingerprint density at radius 2 is 0.635 bits per heavy atom. The Balaban J connectivity index is 0.956. The van der Waals surface area contributed by atoms with Gasteiger partial charge < -0.3 is 10.2 Å². The molecule has 3 aromatic carbocycles. The summed E-state index contributed by atoms with van der Waals surface area (Å²) in [6, 6.07) is 39.5. The highest BCUT2D eigenvalue weighted by molar-refractivity contribution is 5.88. The van der Waals surface area contributed by atoms with Crippen molar-refractivity contribution in [2.75, 3.05) is 0 Å². The minimum atomic E-state index is -0.917. The van der Waals surface area contributed by atoms with Crippen molar-refractivity contribution >= 4 is 11.9 Å². The zero-order valence-corrected chi connectivity index (χ0v) is 28.5. The summed E-state index contributed by atoms with van der Waals surface area (Å²) in [6.45, 7) is 2.86. The van der Waals surface area contributed by atoms with Crippen molar-refractivity contribution in [1.82, 2.24) is 0 Å². The van der Waals surface area contributed by atoms with Gasteiger partial charge in [0.15, 0.2) is 75.8 Å². The fourth-order valence-corrected chi connectivity index (χ4v) is 6.21. The first-order valence-electron chi connectivity index (χ1n) is 17.0. The number of benzene rings is 3. The molecule has 0 unspecified atom stereocenters. The van der Waals surface area contributed by atoms with Crippen LogP contribution in [0.4, 0.5) is 0 Å². The fraction of sp³-hybridized carbons (Fsp3) is 0.0909. The molecule has 7 rings (SSSR count). The molecular weight excluding hydrogens is 649 g/mol. The maximum Gasteiger partial charge on any atom is 0.335 e. The van der Waals surface area contributed by atoms with Crippen LogP contribution < -0.4 is 18.3 Å². The Hall–Kier alpha value is -6.80. The predicted molar refractivity (Wildman–Crippen MR) is 194 cm³/mol. The Morgan fingerprint density at radius 3 is 0.904 bits per heavy atom. The summed E-state index contributed by atoms with van der Waals surface area (Å²) in [5.74, 6) is -1.83. The fourth-order valence-electron chi connectivity index (χ4n) is 6.21. The quantitative estimate of drug-likeness (QED) is 0.160. The van der Waals surface area contributed by atoms with Crippen LogP contribution in [0, 0.1) is 0 Å². The molecule has 0 aliphatic heterocycles. The van der Waals surface area contributed by atoms with Gasteiger partial charge in [0.1, 0.15) is 0 Å². The molecule has 0 saturated heterocycles. The van der Waals surface area contributed by atoms with E-state index in [1.54, 1.807) is 24.3 Å². The van der Waals surface area contributed by atoms with Crippen LogP contribution in [0.3, 0.4) is 0 Å². The summed E-state index contributed by atoms with van der Waals surface area (Å²) in [5, 5.41) is 18.3. The molecule has 2 N–H and O–H groups in total. The van der Waals surface area contributed by atoms with E-state index in [2.05, 4.69) is 116 Å². The number of aromatic nitrogens is 4. The molecule has 8 nitrogen and oxygen atoms in total. The predicted octanol–water partition coefficient (Wildman–Crippen LogP) is 5.76. The molecule has 0 radical (unpaired) electrons. The molecule has 4 heterocycles. The van der Waals surface area contributed by atoms with Gasteiger partial charge in [-0.1, -0.05) is 48.5 Å². The topological polar surface area (TPSA) is 90.1 Å². The number of carboxylic acids is 2. The van der Waals surface area contributed by atoms with E-state index in [9.17, 15) is 9.59 Å². The maximum atomic E-state index is 11.1. The van der Waals surface area contributed by atoms with Gasteiger partial charge in [-0.3, -0.25) is 0 Å². The first-order chi connectivity index (χ1) is 25.4. The van der Waals surface area contributed by atoms with Crippen LogP contribution in [0.2, 0.25) is 0 Å². The van der Waals surface area contributed by atoms with E-state index in [-0.39, 0.29) is 0 Å². The second-order valence-corrected chi connectivity index (χ2v) is 12.8. The van der Waals surface area contributed by atoms with E-state index >= 15 is 0 Å². The highest BCUT2D eigenvalue weighted by Gasteiger charge is 2.14. The standard InChI is InChI=1S/C44H36N4O4/c49-43(50)39-9-5-33(6-10-39)29-45-21-13-35(14-22-45)37-17-25-47(26-18-37)31-41-3-1-2-4-42(41)32-48-27-19-38(20-28-48)36-15-23-46(24-16-36)30-34-7-11-40(12-8-34)44(51)52/h1-28H,29-32H2/q+2/p+2. The summed E-state index contributed by atoms with van der Waals surface area (Å²) >= 11 is 0. The highest BCUT2D eigenvalue weighted by atomic mass is 16.4. The largest absolute Gasteiger partial charge is 0.478 e. The number of hydrogen-bond acceptors (Lipinski definition) is 2. The third kappa shape index (κ3) is 8.31. The SMILES string of the molecule is O=C(O)c1ccc(C[n+]2ccc(-c3cc[n+](Cc4ccccc4C[n+]4ccc(-c5cc[n+](Cc6ccc(C(=O)O)cc6)cc5)cc4)cc3)cc2)cc1. The minimum Gasteiger partial charge on any atom is -0.478 e. The summed E-state index contributed by atoms with van der Waals surface area (Å²) in [4.78, 5) is 22.2. The number of nitrogens with zero attached hydrogens (tertiary/aromatic N) is 4. The van der Waals surface area contributed by atoms with Gasteiger partial charge in [0.25, 0.3) is 0 Å². The van der Waals surface area contributed by atoms with Gasteiger partial charge in [0.05, 0.1) is 11.1 Å². The van der Waals surface area contributed by atoms with Crippen molar-refractivity contribution in [2.45, 2.75) is 26.2 Å². The molecule has 0 fully saturated rings. The Morgan fingerprint density at radius 1 is 0.365 bits per heavy atom. The average Bonchev–Trinajstić information content (AvgIpc) is 3.17. The van der Waals surface area contributed by atoms with Crippen molar-refractivity contribution in [1.29, 1.82) is 0 Å². The Kier molecular flexibility index (Phi) is 9.97. The summed E-state index contributed by atoms with van der Waals surface area (Å²) in [6.07, 6.45) is 16.7. The molecule has 52 heavy (non-hydrogen) atoms. The molecule has 0 aliphatic carbocycles. The molecular formula is C44H38N4O4+4. The lowest BCUT2D eigenvalue weighted by Crippen LogP contribution is -2.36. The normalized spacial score (nSPS) is 10.9. The van der Waals surface area contributed by atoms with Crippen molar-refractivity contribution in [2.24, 2.45) is 0 Å². The Labute approximate surface area is 302 Å². The molecule has 0 aliphatic rings. The zero-order chi connectivity index (χ0) is 35.9. The van der Waals surface area contributed by atoms with E-state index in [1.165, 1.54) is 11.1 Å². The molecule has 7 aromatic rings. The maximum absolute atomic E-state index is 11.1. The van der Waals surface area contributed by atoms with Gasteiger partial charge in [-0.15, -0.1) is 0 Å². The van der Waals surface area contributed by atoms with E-state index in [1.807, 2.05) is 49.1 Å². The van der Waals surface area contributed by atoms with E-state index in [4.69, 9.17) is 10.2 Å². The van der Waals surface area contributed by atoms with Crippen molar-refractivity contribution in [3.8, 4) is 22.3 Å². The van der Waals surface area contributed by atoms with Crippen LogP contribution in [0.25, 0.3) is 22.3 Å². The van der Waals surface area contributed by atoms with Crippen LogP contribution in [-0.4, -0.2) is 22.2 Å².